The fourth-order valence-electron chi connectivity index (χ4n) is 3.61. The summed E-state index contributed by atoms with van der Waals surface area (Å²) in [6.07, 6.45) is 4.44. The first kappa shape index (κ1) is 19.6. The highest BCUT2D eigenvalue weighted by Crippen LogP contribution is 2.33. The lowest BCUT2D eigenvalue weighted by Crippen LogP contribution is -2.40. The van der Waals surface area contributed by atoms with Crippen LogP contribution in [0.25, 0.3) is 0 Å². The Morgan fingerprint density at radius 1 is 1.36 bits per heavy atom. The Balaban J connectivity index is 2.21. The summed E-state index contributed by atoms with van der Waals surface area (Å²) in [6.45, 7) is 6.91. The minimum atomic E-state index is -0.177. The van der Waals surface area contributed by atoms with Crippen molar-refractivity contribution in [3.8, 4) is 0 Å². The first-order valence-electron chi connectivity index (χ1n) is 9.41. The molecule has 0 aromatic heterocycles. The van der Waals surface area contributed by atoms with Gasteiger partial charge in [-0.3, -0.25) is 4.79 Å². The second-order valence-corrected chi connectivity index (χ2v) is 6.74. The van der Waals surface area contributed by atoms with Gasteiger partial charge in [0.25, 0.3) is 0 Å². The number of esters is 1. The molecule has 2 N–H and O–H groups in total. The molecule has 1 atom stereocenters. The predicted molar refractivity (Wildman–Crippen MR) is 102 cm³/mol. The van der Waals surface area contributed by atoms with Gasteiger partial charge in [-0.25, -0.2) is 0 Å². The summed E-state index contributed by atoms with van der Waals surface area (Å²) in [5.41, 5.74) is 9.43. The monoisotopic (exact) mass is 348 g/mol. The molecule has 0 aliphatic carbocycles. The van der Waals surface area contributed by atoms with Crippen LogP contribution in [-0.2, 0) is 14.3 Å². The van der Waals surface area contributed by atoms with Gasteiger partial charge in [0.05, 0.1) is 24.9 Å². The Kier molecular flexibility index (Phi) is 7.56. The van der Waals surface area contributed by atoms with E-state index in [2.05, 4.69) is 30.9 Å². The molecule has 1 aliphatic rings. The van der Waals surface area contributed by atoms with Gasteiger partial charge >= 0.3 is 5.97 Å². The molecule has 1 saturated heterocycles. The summed E-state index contributed by atoms with van der Waals surface area (Å²) in [5, 5.41) is 0. The number of carbonyl (C=O) groups excluding carboxylic acids is 1. The summed E-state index contributed by atoms with van der Waals surface area (Å²) >= 11 is 0. The van der Waals surface area contributed by atoms with Crippen LogP contribution >= 0.6 is 0 Å². The van der Waals surface area contributed by atoms with Crippen molar-refractivity contribution in [3.05, 3.63) is 23.8 Å². The summed E-state index contributed by atoms with van der Waals surface area (Å²) < 4.78 is 10.3. The molecule has 0 saturated carbocycles. The molecule has 0 bridgehead atoms. The zero-order valence-corrected chi connectivity index (χ0v) is 15.8. The van der Waals surface area contributed by atoms with E-state index in [0.717, 1.165) is 62.4 Å². The SMILES string of the molecule is CCCN(c1ccc([C@@H](CC)CC(=O)OC)cc1N)C1CCOCC1. The second kappa shape index (κ2) is 9.66. The van der Waals surface area contributed by atoms with Crippen molar-refractivity contribution >= 4 is 17.3 Å². The van der Waals surface area contributed by atoms with Crippen molar-refractivity contribution < 1.29 is 14.3 Å². The number of carbonyl (C=O) groups is 1. The third-order valence-corrected chi connectivity index (χ3v) is 5.06. The van der Waals surface area contributed by atoms with Gasteiger partial charge in [0.1, 0.15) is 0 Å². The van der Waals surface area contributed by atoms with Crippen LogP contribution in [-0.4, -0.2) is 38.9 Å². The van der Waals surface area contributed by atoms with Gasteiger partial charge in [0.15, 0.2) is 0 Å². The molecule has 5 heteroatoms. The van der Waals surface area contributed by atoms with Crippen LogP contribution in [0.15, 0.2) is 18.2 Å². The van der Waals surface area contributed by atoms with E-state index >= 15 is 0 Å². The van der Waals surface area contributed by atoms with Gasteiger partial charge in [-0.05, 0) is 49.3 Å². The van der Waals surface area contributed by atoms with Crippen LogP contribution < -0.4 is 10.6 Å². The maximum atomic E-state index is 11.6. The number of anilines is 2. The fourth-order valence-corrected chi connectivity index (χ4v) is 3.61. The predicted octanol–water partition coefficient (Wildman–Crippen LogP) is 3.72. The molecular formula is C20H32N2O3. The van der Waals surface area contributed by atoms with Gasteiger partial charge in [-0.2, -0.15) is 0 Å². The molecule has 0 amide bonds. The number of nitrogens with two attached hydrogens (primary N) is 1. The van der Waals surface area contributed by atoms with E-state index in [1.54, 1.807) is 0 Å². The van der Waals surface area contributed by atoms with Crippen molar-refractivity contribution in [2.24, 2.45) is 0 Å². The maximum Gasteiger partial charge on any atom is 0.306 e. The average Bonchev–Trinajstić information content (AvgIpc) is 2.65. The zero-order chi connectivity index (χ0) is 18.2. The molecule has 1 fully saturated rings. The smallest absolute Gasteiger partial charge is 0.306 e. The Morgan fingerprint density at radius 3 is 2.64 bits per heavy atom. The second-order valence-electron chi connectivity index (χ2n) is 6.74. The summed E-state index contributed by atoms with van der Waals surface area (Å²) in [5.74, 6) is -0.0316. The van der Waals surface area contributed by atoms with Gasteiger partial charge in [-0.15, -0.1) is 0 Å². The number of rotatable bonds is 8. The average molecular weight is 348 g/mol. The Bertz CT molecular complexity index is 556. The molecular weight excluding hydrogens is 316 g/mol. The van der Waals surface area contributed by atoms with Crippen molar-refractivity contribution in [2.75, 3.05) is 37.5 Å². The Morgan fingerprint density at radius 2 is 2.08 bits per heavy atom. The highest BCUT2D eigenvalue weighted by molar-refractivity contribution is 5.72. The Labute approximate surface area is 151 Å². The number of hydrogen-bond donors (Lipinski definition) is 1. The van der Waals surface area contributed by atoms with Crippen LogP contribution in [0, 0.1) is 0 Å². The molecule has 25 heavy (non-hydrogen) atoms. The van der Waals surface area contributed by atoms with E-state index in [4.69, 9.17) is 15.2 Å². The first-order chi connectivity index (χ1) is 12.1. The van der Waals surface area contributed by atoms with Crippen LogP contribution in [0.5, 0.6) is 0 Å². The van der Waals surface area contributed by atoms with Gasteiger partial charge in [0, 0.05) is 25.8 Å². The van der Waals surface area contributed by atoms with Crippen LogP contribution in [0.4, 0.5) is 11.4 Å². The molecule has 5 nitrogen and oxygen atoms in total. The molecule has 0 unspecified atom stereocenters. The first-order valence-corrected chi connectivity index (χ1v) is 9.41. The normalized spacial score (nSPS) is 16.4. The standard InChI is InChI=1S/C20H32N2O3/c1-4-10-22(17-8-11-25-12-9-17)19-7-6-16(13-18(19)21)15(5-2)14-20(23)24-3/h6-7,13,15,17H,4-5,8-12,14,21H2,1-3H3/t15-/m0/s1. The molecule has 1 aromatic rings. The third-order valence-electron chi connectivity index (χ3n) is 5.06. The molecule has 0 radical (unpaired) electrons. The van der Waals surface area contributed by atoms with E-state index in [1.165, 1.54) is 7.11 Å². The van der Waals surface area contributed by atoms with Crippen LogP contribution in [0.1, 0.15) is 57.4 Å². The lowest BCUT2D eigenvalue weighted by molar-refractivity contribution is -0.141. The number of methoxy groups -OCH3 is 1. The van der Waals surface area contributed by atoms with Crippen LogP contribution in [0.2, 0.25) is 0 Å². The van der Waals surface area contributed by atoms with E-state index in [1.807, 2.05) is 6.07 Å². The van der Waals surface area contributed by atoms with E-state index in [9.17, 15) is 4.79 Å². The minimum Gasteiger partial charge on any atom is -0.469 e. The lowest BCUT2D eigenvalue weighted by atomic mass is 9.92. The highest BCUT2D eigenvalue weighted by Gasteiger charge is 2.23. The van der Waals surface area contributed by atoms with Gasteiger partial charge < -0.3 is 20.1 Å². The molecule has 1 aliphatic heterocycles. The van der Waals surface area contributed by atoms with Crippen molar-refractivity contribution in [2.45, 2.75) is 57.9 Å². The summed E-state index contributed by atoms with van der Waals surface area (Å²) in [4.78, 5) is 14.1. The highest BCUT2D eigenvalue weighted by atomic mass is 16.5. The molecule has 1 aromatic carbocycles. The van der Waals surface area contributed by atoms with E-state index < -0.39 is 0 Å². The number of hydrogen-bond acceptors (Lipinski definition) is 5. The lowest BCUT2D eigenvalue weighted by Gasteiger charge is -2.37. The molecule has 0 spiro atoms. The number of benzene rings is 1. The van der Waals surface area contributed by atoms with Gasteiger partial charge in [-0.1, -0.05) is 19.9 Å². The number of nitrogens with zero attached hydrogens (tertiary/aromatic N) is 1. The number of ether oxygens (including phenoxy) is 2. The molecule has 1 heterocycles. The quantitative estimate of drug-likeness (QED) is 0.573. The summed E-state index contributed by atoms with van der Waals surface area (Å²) in [7, 11) is 1.43. The van der Waals surface area contributed by atoms with Crippen molar-refractivity contribution in [1.82, 2.24) is 0 Å². The molecule has 140 valence electrons. The van der Waals surface area contributed by atoms with Gasteiger partial charge in [0.2, 0.25) is 0 Å². The van der Waals surface area contributed by atoms with E-state index in [0.29, 0.717) is 12.5 Å². The topological polar surface area (TPSA) is 64.8 Å². The van der Waals surface area contributed by atoms with E-state index in [-0.39, 0.29) is 11.9 Å². The van der Waals surface area contributed by atoms with Crippen molar-refractivity contribution in [1.29, 1.82) is 0 Å². The maximum absolute atomic E-state index is 11.6. The Hall–Kier alpha value is -1.75. The summed E-state index contributed by atoms with van der Waals surface area (Å²) in [6, 6.07) is 6.76. The fraction of sp³-hybridized carbons (Fsp3) is 0.650. The minimum absolute atomic E-state index is 0.145. The van der Waals surface area contributed by atoms with Crippen molar-refractivity contribution in [3.63, 3.8) is 0 Å². The number of nitrogen functional groups attached to an aromatic ring is 1. The largest absolute Gasteiger partial charge is 0.469 e. The third kappa shape index (κ3) is 5.11. The van der Waals surface area contributed by atoms with Crippen LogP contribution in [0.3, 0.4) is 0 Å². The zero-order valence-electron chi connectivity index (χ0n) is 15.8. The molecule has 2 rings (SSSR count).